The predicted molar refractivity (Wildman–Crippen MR) is 70.7 cm³/mol. The SMILES string of the molecule is CCc1ccc(S(=O)(=O)N(C)CC(O)CN)cc1. The summed E-state index contributed by atoms with van der Waals surface area (Å²) in [5, 5.41) is 9.39. The van der Waals surface area contributed by atoms with E-state index in [1.165, 1.54) is 7.05 Å². The van der Waals surface area contributed by atoms with E-state index in [1.807, 2.05) is 6.92 Å². The molecule has 0 amide bonds. The highest BCUT2D eigenvalue weighted by Crippen LogP contribution is 2.15. The second-order valence-electron chi connectivity index (χ2n) is 4.17. The highest BCUT2D eigenvalue weighted by atomic mass is 32.2. The molecule has 18 heavy (non-hydrogen) atoms. The lowest BCUT2D eigenvalue weighted by Gasteiger charge is -2.19. The van der Waals surface area contributed by atoms with Gasteiger partial charge in [0.15, 0.2) is 0 Å². The van der Waals surface area contributed by atoms with Crippen molar-refractivity contribution in [2.24, 2.45) is 5.73 Å². The van der Waals surface area contributed by atoms with Crippen LogP contribution in [-0.2, 0) is 16.4 Å². The van der Waals surface area contributed by atoms with Crippen LogP contribution in [0.25, 0.3) is 0 Å². The van der Waals surface area contributed by atoms with E-state index in [9.17, 15) is 13.5 Å². The van der Waals surface area contributed by atoms with Crippen molar-refractivity contribution >= 4 is 10.0 Å². The second-order valence-corrected chi connectivity index (χ2v) is 6.22. The van der Waals surface area contributed by atoms with E-state index in [0.29, 0.717) is 0 Å². The normalized spacial score (nSPS) is 13.8. The van der Waals surface area contributed by atoms with E-state index >= 15 is 0 Å². The van der Waals surface area contributed by atoms with Gasteiger partial charge in [0.1, 0.15) is 0 Å². The molecule has 1 aromatic carbocycles. The number of hydrogen-bond acceptors (Lipinski definition) is 4. The molecule has 0 fully saturated rings. The average molecular weight is 272 g/mol. The molecule has 6 heteroatoms. The van der Waals surface area contributed by atoms with Crippen LogP contribution in [0.4, 0.5) is 0 Å². The van der Waals surface area contributed by atoms with Crippen molar-refractivity contribution in [1.29, 1.82) is 0 Å². The van der Waals surface area contributed by atoms with Crippen LogP contribution < -0.4 is 5.73 Å². The van der Waals surface area contributed by atoms with E-state index in [1.54, 1.807) is 24.3 Å². The monoisotopic (exact) mass is 272 g/mol. The van der Waals surface area contributed by atoms with Crippen LogP contribution in [0.2, 0.25) is 0 Å². The van der Waals surface area contributed by atoms with Crippen LogP contribution in [0.5, 0.6) is 0 Å². The van der Waals surface area contributed by atoms with Crippen LogP contribution in [-0.4, -0.2) is 44.1 Å². The van der Waals surface area contributed by atoms with Crippen LogP contribution >= 0.6 is 0 Å². The van der Waals surface area contributed by atoms with Gasteiger partial charge in [-0.2, -0.15) is 4.31 Å². The van der Waals surface area contributed by atoms with Gasteiger partial charge >= 0.3 is 0 Å². The van der Waals surface area contributed by atoms with Crippen molar-refractivity contribution in [3.05, 3.63) is 29.8 Å². The van der Waals surface area contributed by atoms with Gasteiger partial charge in [-0.1, -0.05) is 19.1 Å². The van der Waals surface area contributed by atoms with Gasteiger partial charge in [0, 0.05) is 20.1 Å². The Morgan fingerprint density at radius 1 is 1.33 bits per heavy atom. The Hall–Kier alpha value is -0.950. The zero-order valence-corrected chi connectivity index (χ0v) is 11.5. The largest absolute Gasteiger partial charge is 0.390 e. The Morgan fingerprint density at radius 2 is 1.89 bits per heavy atom. The van der Waals surface area contributed by atoms with Gasteiger partial charge in [-0.3, -0.25) is 0 Å². The quantitative estimate of drug-likeness (QED) is 0.774. The summed E-state index contributed by atoms with van der Waals surface area (Å²) < 4.78 is 25.4. The van der Waals surface area contributed by atoms with Crippen molar-refractivity contribution in [2.75, 3.05) is 20.1 Å². The fourth-order valence-corrected chi connectivity index (χ4v) is 2.75. The summed E-state index contributed by atoms with van der Waals surface area (Å²) in [6.45, 7) is 2.04. The number of sulfonamides is 1. The third-order valence-corrected chi connectivity index (χ3v) is 4.62. The highest BCUT2D eigenvalue weighted by molar-refractivity contribution is 7.89. The number of likely N-dealkylation sites (N-methyl/N-ethyl adjacent to an activating group) is 1. The Labute approximate surface area is 108 Å². The molecule has 0 aliphatic carbocycles. The zero-order chi connectivity index (χ0) is 13.8. The molecule has 1 aromatic rings. The molecular formula is C12H20N2O3S. The fraction of sp³-hybridized carbons (Fsp3) is 0.500. The van der Waals surface area contributed by atoms with Crippen molar-refractivity contribution in [3.63, 3.8) is 0 Å². The number of aliphatic hydroxyl groups is 1. The van der Waals surface area contributed by atoms with Gasteiger partial charge in [0.2, 0.25) is 10.0 Å². The number of nitrogens with two attached hydrogens (primary N) is 1. The van der Waals surface area contributed by atoms with Crippen LogP contribution in [0.15, 0.2) is 29.2 Å². The first-order chi connectivity index (χ1) is 8.41. The number of benzene rings is 1. The van der Waals surface area contributed by atoms with Gasteiger partial charge in [-0.15, -0.1) is 0 Å². The van der Waals surface area contributed by atoms with E-state index < -0.39 is 16.1 Å². The summed E-state index contributed by atoms with van der Waals surface area (Å²) in [5.74, 6) is 0. The number of nitrogens with zero attached hydrogens (tertiary/aromatic N) is 1. The maximum Gasteiger partial charge on any atom is 0.242 e. The minimum absolute atomic E-state index is 0.00559. The molecule has 0 aliphatic rings. The molecule has 102 valence electrons. The Balaban J connectivity index is 2.90. The summed E-state index contributed by atoms with van der Waals surface area (Å²) in [6, 6.07) is 6.75. The molecule has 1 rings (SSSR count). The van der Waals surface area contributed by atoms with Crippen LogP contribution in [0.1, 0.15) is 12.5 Å². The van der Waals surface area contributed by atoms with E-state index in [2.05, 4.69) is 0 Å². The summed E-state index contributed by atoms with van der Waals surface area (Å²) in [4.78, 5) is 0.228. The minimum atomic E-state index is -3.55. The molecule has 5 nitrogen and oxygen atoms in total. The molecule has 3 N–H and O–H groups in total. The second kappa shape index (κ2) is 6.29. The third kappa shape index (κ3) is 3.52. The zero-order valence-electron chi connectivity index (χ0n) is 10.7. The summed E-state index contributed by atoms with van der Waals surface area (Å²) in [6.07, 6.45) is 0.0156. The number of rotatable bonds is 6. The molecule has 1 unspecified atom stereocenters. The molecule has 0 saturated carbocycles. The molecular weight excluding hydrogens is 252 g/mol. The molecule has 0 spiro atoms. The molecule has 1 atom stereocenters. The lowest BCUT2D eigenvalue weighted by atomic mass is 10.2. The van der Waals surface area contributed by atoms with Crippen molar-refractivity contribution < 1.29 is 13.5 Å². The standard InChI is InChI=1S/C12H20N2O3S/c1-3-10-4-6-12(7-5-10)18(16,17)14(2)9-11(15)8-13/h4-7,11,15H,3,8-9,13H2,1-2H3. The number of hydrogen-bond donors (Lipinski definition) is 2. The molecule has 0 aliphatic heterocycles. The molecule has 0 aromatic heterocycles. The maximum atomic E-state index is 12.2. The van der Waals surface area contributed by atoms with Crippen molar-refractivity contribution in [1.82, 2.24) is 4.31 Å². The van der Waals surface area contributed by atoms with Crippen molar-refractivity contribution in [2.45, 2.75) is 24.3 Å². The smallest absolute Gasteiger partial charge is 0.242 e. The first-order valence-electron chi connectivity index (χ1n) is 5.85. The lowest BCUT2D eigenvalue weighted by molar-refractivity contribution is 0.160. The first-order valence-corrected chi connectivity index (χ1v) is 7.29. The molecule has 0 radical (unpaired) electrons. The molecule has 0 bridgehead atoms. The average Bonchev–Trinajstić information content (AvgIpc) is 2.38. The van der Waals surface area contributed by atoms with Crippen LogP contribution in [0, 0.1) is 0 Å². The summed E-state index contributed by atoms with van der Waals surface area (Å²) >= 11 is 0. The van der Waals surface area contributed by atoms with Crippen LogP contribution in [0.3, 0.4) is 0 Å². The van der Waals surface area contributed by atoms with E-state index in [0.717, 1.165) is 16.3 Å². The third-order valence-electron chi connectivity index (χ3n) is 2.78. The topological polar surface area (TPSA) is 83.6 Å². The van der Waals surface area contributed by atoms with Crippen molar-refractivity contribution in [3.8, 4) is 0 Å². The number of aryl methyl sites for hydroxylation is 1. The summed E-state index contributed by atoms with van der Waals surface area (Å²) in [7, 11) is -2.12. The Morgan fingerprint density at radius 3 is 2.33 bits per heavy atom. The maximum absolute atomic E-state index is 12.2. The Bertz CT molecular complexity index is 471. The van der Waals surface area contributed by atoms with Gasteiger partial charge in [0.05, 0.1) is 11.0 Å². The fourth-order valence-electron chi connectivity index (χ4n) is 1.55. The first kappa shape index (κ1) is 15.1. The lowest BCUT2D eigenvalue weighted by Crippen LogP contribution is -2.37. The van der Waals surface area contributed by atoms with Gasteiger partial charge < -0.3 is 10.8 Å². The highest BCUT2D eigenvalue weighted by Gasteiger charge is 2.22. The van der Waals surface area contributed by atoms with Gasteiger partial charge in [-0.25, -0.2) is 8.42 Å². The predicted octanol–water partition coefficient (Wildman–Crippen LogP) is 0.189. The number of aliphatic hydroxyl groups excluding tert-OH is 1. The minimum Gasteiger partial charge on any atom is -0.390 e. The van der Waals surface area contributed by atoms with Gasteiger partial charge in [-0.05, 0) is 24.1 Å². The van der Waals surface area contributed by atoms with E-state index in [-0.39, 0.29) is 18.0 Å². The van der Waals surface area contributed by atoms with Gasteiger partial charge in [0.25, 0.3) is 0 Å². The van der Waals surface area contributed by atoms with E-state index in [4.69, 9.17) is 5.73 Å². The molecule has 0 saturated heterocycles. The summed E-state index contributed by atoms with van der Waals surface area (Å²) in [5.41, 5.74) is 6.35. The Kier molecular flexibility index (Phi) is 5.28. The molecule has 0 heterocycles.